The number of aromatic nitrogens is 2. The fraction of sp³-hybridized carbons (Fsp3) is 0.727. The van der Waals surface area contributed by atoms with Gasteiger partial charge in [-0.3, -0.25) is 9.58 Å². The SMILES string of the molecule is Cl.Cn1cc(CNCCN2CCOCC2)cn1. The molecule has 2 rings (SSSR count). The van der Waals surface area contributed by atoms with E-state index in [9.17, 15) is 0 Å². The van der Waals surface area contributed by atoms with Crippen LogP contribution in [0.1, 0.15) is 5.56 Å². The second kappa shape index (κ2) is 7.66. The van der Waals surface area contributed by atoms with Gasteiger partial charge < -0.3 is 10.1 Å². The Bertz CT molecular complexity index is 312. The summed E-state index contributed by atoms with van der Waals surface area (Å²) in [6.45, 7) is 6.91. The molecule has 0 aromatic carbocycles. The van der Waals surface area contributed by atoms with Gasteiger partial charge in [0.1, 0.15) is 0 Å². The predicted octanol–water partition coefficient (Wildman–Crippen LogP) is 0.264. The lowest BCUT2D eigenvalue weighted by atomic mass is 10.3. The molecule has 0 unspecified atom stereocenters. The van der Waals surface area contributed by atoms with E-state index in [-0.39, 0.29) is 12.4 Å². The highest BCUT2D eigenvalue weighted by Gasteiger charge is 2.08. The summed E-state index contributed by atoms with van der Waals surface area (Å²) in [7, 11) is 1.94. The number of nitrogens with zero attached hydrogens (tertiary/aromatic N) is 3. The van der Waals surface area contributed by atoms with E-state index in [4.69, 9.17) is 4.74 Å². The Labute approximate surface area is 109 Å². The van der Waals surface area contributed by atoms with Crippen molar-refractivity contribution in [1.29, 1.82) is 0 Å². The molecule has 2 heterocycles. The van der Waals surface area contributed by atoms with Gasteiger partial charge in [-0.25, -0.2) is 0 Å². The van der Waals surface area contributed by atoms with E-state index in [1.165, 1.54) is 5.56 Å². The van der Waals surface area contributed by atoms with E-state index in [2.05, 4.69) is 15.3 Å². The number of ether oxygens (including phenoxy) is 1. The first-order valence-electron chi connectivity index (χ1n) is 5.83. The van der Waals surface area contributed by atoms with Gasteiger partial charge in [-0.1, -0.05) is 0 Å². The molecule has 0 amide bonds. The molecule has 6 heteroatoms. The van der Waals surface area contributed by atoms with Crippen molar-refractivity contribution in [3.05, 3.63) is 18.0 Å². The maximum absolute atomic E-state index is 5.30. The molecule has 5 nitrogen and oxygen atoms in total. The van der Waals surface area contributed by atoms with Gasteiger partial charge >= 0.3 is 0 Å². The smallest absolute Gasteiger partial charge is 0.0594 e. The lowest BCUT2D eigenvalue weighted by molar-refractivity contribution is 0.0384. The van der Waals surface area contributed by atoms with Crippen LogP contribution in [-0.4, -0.2) is 54.1 Å². The molecule has 1 aromatic rings. The van der Waals surface area contributed by atoms with Crippen molar-refractivity contribution >= 4 is 12.4 Å². The van der Waals surface area contributed by atoms with Crippen LogP contribution in [0.25, 0.3) is 0 Å². The minimum absolute atomic E-state index is 0. The number of hydrogen-bond donors (Lipinski definition) is 1. The maximum atomic E-state index is 5.30. The van der Waals surface area contributed by atoms with Crippen molar-refractivity contribution in [3.8, 4) is 0 Å². The zero-order valence-corrected chi connectivity index (χ0v) is 11.1. The molecule has 1 N–H and O–H groups in total. The summed E-state index contributed by atoms with van der Waals surface area (Å²) in [6.07, 6.45) is 3.95. The number of halogens is 1. The molecule has 1 aliphatic rings. The first kappa shape index (κ1) is 14.4. The standard InChI is InChI=1S/C11H20N4O.ClH/c1-14-10-11(9-13-14)8-12-2-3-15-4-6-16-7-5-15;/h9-10,12H,2-8H2,1H3;1H. The monoisotopic (exact) mass is 260 g/mol. The summed E-state index contributed by atoms with van der Waals surface area (Å²) in [5.74, 6) is 0. The van der Waals surface area contributed by atoms with E-state index in [0.29, 0.717) is 0 Å². The van der Waals surface area contributed by atoms with Crippen LogP contribution in [0.3, 0.4) is 0 Å². The van der Waals surface area contributed by atoms with Gasteiger partial charge in [-0.15, -0.1) is 12.4 Å². The average Bonchev–Trinajstić information content (AvgIpc) is 2.72. The number of hydrogen-bond acceptors (Lipinski definition) is 4. The van der Waals surface area contributed by atoms with Gasteiger partial charge in [0.05, 0.1) is 19.4 Å². The van der Waals surface area contributed by atoms with E-state index < -0.39 is 0 Å². The van der Waals surface area contributed by atoms with Crippen molar-refractivity contribution in [2.24, 2.45) is 7.05 Å². The van der Waals surface area contributed by atoms with Gasteiger partial charge in [-0.2, -0.15) is 5.10 Å². The number of rotatable bonds is 5. The summed E-state index contributed by atoms with van der Waals surface area (Å²) in [4.78, 5) is 2.43. The molecular weight excluding hydrogens is 240 g/mol. The van der Waals surface area contributed by atoms with Crippen LogP contribution in [0.4, 0.5) is 0 Å². The summed E-state index contributed by atoms with van der Waals surface area (Å²) >= 11 is 0. The van der Waals surface area contributed by atoms with Gasteiger partial charge in [0.2, 0.25) is 0 Å². The second-order valence-electron chi connectivity index (χ2n) is 4.15. The number of aryl methyl sites for hydroxylation is 1. The number of nitrogens with one attached hydrogen (secondary N) is 1. The lowest BCUT2D eigenvalue weighted by Crippen LogP contribution is -2.40. The van der Waals surface area contributed by atoms with Gasteiger partial charge in [0, 0.05) is 51.5 Å². The summed E-state index contributed by atoms with van der Waals surface area (Å²) < 4.78 is 7.14. The van der Waals surface area contributed by atoms with Crippen LogP contribution in [0.5, 0.6) is 0 Å². The van der Waals surface area contributed by atoms with E-state index in [0.717, 1.165) is 45.9 Å². The van der Waals surface area contributed by atoms with Crippen molar-refractivity contribution in [2.75, 3.05) is 39.4 Å². The third-order valence-electron chi connectivity index (χ3n) is 2.80. The van der Waals surface area contributed by atoms with Crippen LogP contribution in [0, 0.1) is 0 Å². The molecule has 1 aliphatic heterocycles. The first-order valence-corrected chi connectivity index (χ1v) is 5.83. The summed E-state index contributed by atoms with van der Waals surface area (Å²) in [6, 6.07) is 0. The van der Waals surface area contributed by atoms with Crippen molar-refractivity contribution < 1.29 is 4.74 Å². The van der Waals surface area contributed by atoms with E-state index in [1.54, 1.807) is 0 Å². The van der Waals surface area contributed by atoms with Crippen LogP contribution in [0.2, 0.25) is 0 Å². The van der Waals surface area contributed by atoms with Gasteiger partial charge in [0.25, 0.3) is 0 Å². The molecule has 0 spiro atoms. The molecule has 0 aliphatic carbocycles. The largest absolute Gasteiger partial charge is 0.379 e. The van der Waals surface area contributed by atoms with E-state index in [1.807, 2.05) is 24.1 Å². The molecule has 0 bridgehead atoms. The summed E-state index contributed by atoms with van der Waals surface area (Å²) in [5, 5.41) is 7.56. The highest BCUT2D eigenvalue weighted by Crippen LogP contribution is 1.96. The molecule has 1 fully saturated rings. The summed E-state index contributed by atoms with van der Waals surface area (Å²) in [5.41, 5.74) is 1.24. The normalized spacial score (nSPS) is 16.8. The van der Waals surface area contributed by atoms with Crippen LogP contribution >= 0.6 is 12.4 Å². The fourth-order valence-corrected chi connectivity index (χ4v) is 1.86. The third-order valence-corrected chi connectivity index (χ3v) is 2.80. The van der Waals surface area contributed by atoms with Gasteiger partial charge in [-0.05, 0) is 0 Å². The van der Waals surface area contributed by atoms with Gasteiger partial charge in [0.15, 0.2) is 0 Å². The Balaban J connectivity index is 0.00000144. The average molecular weight is 261 g/mol. The molecule has 1 saturated heterocycles. The highest BCUT2D eigenvalue weighted by molar-refractivity contribution is 5.85. The van der Waals surface area contributed by atoms with Crippen molar-refractivity contribution in [3.63, 3.8) is 0 Å². The van der Waals surface area contributed by atoms with Crippen LogP contribution in [0.15, 0.2) is 12.4 Å². The zero-order valence-electron chi connectivity index (χ0n) is 10.3. The van der Waals surface area contributed by atoms with Crippen molar-refractivity contribution in [1.82, 2.24) is 20.0 Å². The lowest BCUT2D eigenvalue weighted by Gasteiger charge is -2.26. The Hall–Kier alpha value is -0.620. The minimum atomic E-state index is 0. The molecule has 17 heavy (non-hydrogen) atoms. The Morgan fingerprint density at radius 3 is 2.82 bits per heavy atom. The van der Waals surface area contributed by atoms with Crippen LogP contribution < -0.4 is 5.32 Å². The molecular formula is C11H21ClN4O. The third kappa shape index (κ3) is 5.04. The quantitative estimate of drug-likeness (QED) is 0.772. The maximum Gasteiger partial charge on any atom is 0.0594 e. The Kier molecular flexibility index (Phi) is 6.50. The van der Waals surface area contributed by atoms with E-state index >= 15 is 0 Å². The molecule has 0 saturated carbocycles. The zero-order chi connectivity index (χ0) is 11.2. The molecule has 98 valence electrons. The molecule has 0 radical (unpaired) electrons. The highest BCUT2D eigenvalue weighted by atomic mass is 35.5. The first-order chi connectivity index (χ1) is 7.84. The Morgan fingerprint density at radius 1 is 1.41 bits per heavy atom. The Morgan fingerprint density at radius 2 is 2.18 bits per heavy atom. The topological polar surface area (TPSA) is 42.3 Å². The second-order valence-corrected chi connectivity index (χ2v) is 4.15. The van der Waals surface area contributed by atoms with Crippen molar-refractivity contribution in [2.45, 2.75) is 6.54 Å². The fourth-order valence-electron chi connectivity index (χ4n) is 1.86. The minimum Gasteiger partial charge on any atom is -0.379 e. The molecule has 0 atom stereocenters. The molecule has 1 aromatic heterocycles. The predicted molar refractivity (Wildman–Crippen MR) is 69.4 cm³/mol. The number of morpholine rings is 1. The van der Waals surface area contributed by atoms with Crippen LogP contribution in [-0.2, 0) is 18.3 Å².